The molecule has 0 amide bonds. The lowest BCUT2D eigenvalue weighted by atomic mass is 10.0. The Kier molecular flexibility index (Phi) is 3.59. The molecule has 0 radical (unpaired) electrons. The molecular weight excluding hydrogens is 314 g/mol. The summed E-state index contributed by atoms with van der Waals surface area (Å²) in [7, 11) is 1.96. The van der Waals surface area contributed by atoms with Crippen LogP contribution in [0.4, 0.5) is 0 Å². The fourth-order valence-electron chi connectivity index (χ4n) is 2.51. The van der Waals surface area contributed by atoms with Gasteiger partial charge in [0, 0.05) is 16.9 Å². The predicted molar refractivity (Wildman–Crippen MR) is 85.5 cm³/mol. The highest BCUT2D eigenvalue weighted by atomic mass is 79.9. The van der Waals surface area contributed by atoms with Crippen LogP contribution in [0.1, 0.15) is 17.3 Å². The van der Waals surface area contributed by atoms with Crippen molar-refractivity contribution in [1.29, 1.82) is 0 Å². The maximum atomic E-state index is 6.38. The number of nitrogens with zero attached hydrogens (tertiary/aromatic N) is 2. The number of rotatable bonds is 3. The van der Waals surface area contributed by atoms with E-state index < -0.39 is 0 Å². The number of halogens is 1. The Morgan fingerprint density at radius 2 is 1.85 bits per heavy atom. The molecule has 0 bridgehead atoms. The fraction of sp³-hybridized carbons (Fsp3) is 0.188. The third-order valence-electron chi connectivity index (χ3n) is 3.54. The van der Waals surface area contributed by atoms with Crippen molar-refractivity contribution >= 4 is 26.8 Å². The first-order valence-electron chi connectivity index (χ1n) is 6.57. The summed E-state index contributed by atoms with van der Waals surface area (Å²) < 4.78 is 2.99. The van der Waals surface area contributed by atoms with Crippen LogP contribution in [0.25, 0.3) is 10.9 Å². The molecular formula is C16H16BrN3. The molecule has 0 fully saturated rings. The molecule has 0 aliphatic carbocycles. The summed E-state index contributed by atoms with van der Waals surface area (Å²) in [4.78, 5) is 0. The Labute approximate surface area is 126 Å². The molecule has 20 heavy (non-hydrogen) atoms. The van der Waals surface area contributed by atoms with Gasteiger partial charge in [-0.3, -0.25) is 4.68 Å². The number of para-hydroxylation sites is 1. The van der Waals surface area contributed by atoms with E-state index in [0.717, 1.165) is 27.5 Å². The molecule has 1 atom stereocenters. The van der Waals surface area contributed by atoms with Gasteiger partial charge in [-0.15, -0.1) is 0 Å². The van der Waals surface area contributed by atoms with Crippen molar-refractivity contribution in [2.24, 2.45) is 12.8 Å². The summed E-state index contributed by atoms with van der Waals surface area (Å²) in [6.07, 6.45) is 0.766. The van der Waals surface area contributed by atoms with Crippen molar-refractivity contribution in [3.8, 4) is 0 Å². The second-order valence-electron chi connectivity index (χ2n) is 4.93. The number of hydrogen-bond acceptors (Lipinski definition) is 2. The van der Waals surface area contributed by atoms with Gasteiger partial charge in [-0.1, -0.05) is 52.3 Å². The lowest BCUT2D eigenvalue weighted by molar-refractivity contribution is 0.664. The molecule has 1 aromatic heterocycles. The van der Waals surface area contributed by atoms with Crippen LogP contribution in [-0.2, 0) is 13.5 Å². The zero-order valence-electron chi connectivity index (χ0n) is 11.3. The summed E-state index contributed by atoms with van der Waals surface area (Å²) >= 11 is 3.57. The Bertz CT molecular complexity index is 748. The lowest BCUT2D eigenvalue weighted by Crippen LogP contribution is -2.15. The van der Waals surface area contributed by atoms with E-state index in [4.69, 9.17) is 5.73 Å². The SMILES string of the molecule is Cn1nc(C(N)Cc2ccccc2Br)c2ccccc21. The second kappa shape index (κ2) is 5.38. The Morgan fingerprint density at radius 3 is 2.65 bits per heavy atom. The summed E-state index contributed by atoms with van der Waals surface area (Å²) in [6, 6.07) is 16.3. The van der Waals surface area contributed by atoms with Crippen LogP contribution >= 0.6 is 15.9 Å². The van der Waals surface area contributed by atoms with Gasteiger partial charge in [0.25, 0.3) is 0 Å². The third-order valence-corrected chi connectivity index (χ3v) is 4.31. The highest BCUT2D eigenvalue weighted by molar-refractivity contribution is 9.10. The predicted octanol–water partition coefficient (Wildman–Crippen LogP) is 3.58. The highest BCUT2D eigenvalue weighted by Gasteiger charge is 2.16. The van der Waals surface area contributed by atoms with E-state index in [1.165, 1.54) is 5.56 Å². The molecule has 1 unspecified atom stereocenters. The fourth-order valence-corrected chi connectivity index (χ4v) is 2.96. The van der Waals surface area contributed by atoms with Crippen molar-refractivity contribution in [2.75, 3.05) is 0 Å². The molecule has 3 nitrogen and oxygen atoms in total. The van der Waals surface area contributed by atoms with Gasteiger partial charge >= 0.3 is 0 Å². The molecule has 0 aliphatic heterocycles. The minimum absolute atomic E-state index is 0.111. The van der Waals surface area contributed by atoms with E-state index in [-0.39, 0.29) is 6.04 Å². The topological polar surface area (TPSA) is 43.8 Å². The summed E-state index contributed by atoms with van der Waals surface area (Å²) in [6.45, 7) is 0. The van der Waals surface area contributed by atoms with E-state index in [1.54, 1.807) is 0 Å². The monoisotopic (exact) mass is 329 g/mol. The normalized spacial score (nSPS) is 12.8. The molecule has 102 valence electrons. The number of benzene rings is 2. The van der Waals surface area contributed by atoms with Crippen LogP contribution in [0.15, 0.2) is 53.0 Å². The van der Waals surface area contributed by atoms with E-state index >= 15 is 0 Å². The van der Waals surface area contributed by atoms with Crippen LogP contribution in [0, 0.1) is 0 Å². The van der Waals surface area contributed by atoms with E-state index in [1.807, 2.05) is 42.1 Å². The molecule has 2 N–H and O–H groups in total. The molecule has 0 saturated carbocycles. The Morgan fingerprint density at radius 1 is 1.15 bits per heavy atom. The molecule has 0 aliphatic rings. The second-order valence-corrected chi connectivity index (χ2v) is 5.78. The average molecular weight is 330 g/mol. The van der Waals surface area contributed by atoms with Crippen LogP contribution in [-0.4, -0.2) is 9.78 Å². The van der Waals surface area contributed by atoms with Crippen LogP contribution in [0.3, 0.4) is 0 Å². The van der Waals surface area contributed by atoms with Crippen molar-refractivity contribution < 1.29 is 0 Å². The highest BCUT2D eigenvalue weighted by Crippen LogP contribution is 2.26. The van der Waals surface area contributed by atoms with Gasteiger partial charge < -0.3 is 5.73 Å². The first kappa shape index (κ1) is 13.3. The molecule has 3 aromatic rings. The quantitative estimate of drug-likeness (QED) is 0.798. The van der Waals surface area contributed by atoms with Crippen LogP contribution in [0.5, 0.6) is 0 Å². The molecule has 4 heteroatoms. The Balaban J connectivity index is 1.97. The van der Waals surface area contributed by atoms with Gasteiger partial charge in [-0.2, -0.15) is 5.10 Å². The van der Waals surface area contributed by atoms with Crippen molar-refractivity contribution in [2.45, 2.75) is 12.5 Å². The average Bonchev–Trinajstić information content (AvgIpc) is 2.79. The standard InChI is InChI=1S/C16H16BrN3/c1-20-15-9-5-3-7-12(15)16(19-20)14(18)10-11-6-2-4-8-13(11)17/h2-9,14H,10,18H2,1H3. The van der Waals surface area contributed by atoms with Gasteiger partial charge in [0.15, 0.2) is 0 Å². The first-order chi connectivity index (χ1) is 9.66. The van der Waals surface area contributed by atoms with E-state index in [9.17, 15) is 0 Å². The zero-order valence-corrected chi connectivity index (χ0v) is 12.8. The van der Waals surface area contributed by atoms with Gasteiger partial charge in [0.05, 0.1) is 17.3 Å². The number of nitrogens with two attached hydrogens (primary N) is 1. The summed E-state index contributed by atoms with van der Waals surface area (Å²) in [5, 5.41) is 5.73. The Hall–Kier alpha value is -1.65. The van der Waals surface area contributed by atoms with Crippen LogP contribution in [0.2, 0.25) is 0 Å². The van der Waals surface area contributed by atoms with Crippen LogP contribution < -0.4 is 5.73 Å². The van der Waals surface area contributed by atoms with Gasteiger partial charge in [0.2, 0.25) is 0 Å². The van der Waals surface area contributed by atoms with E-state index in [0.29, 0.717) is 0 Å². The minimum Gasteiger partial charge on any atom is -0.322 e. The maximum absolute atomic E-state index is 6.38. The molecule has 2 aromatic carbocycles. The van der Waals surface area contributed by atoms with Crippen molar-refractivity contribution in [3.05, 3.63) is 64.3 Å². The van der Waals surface area contributed by atoms with Crippen molar-refractivity contribution in [1.82, 2.24) is 9.78 Å². The summed E-state index contributed by atoms with van der Waals surface area (Å²) in [5.41, 5.74) is 9.66. The van der Waals surface area contributed by atoms with Crippen molar-refractivity contribution in [3.63, 3.8) is 0 Å². The summed E-state index contributed by atoms with van der Waals surface area (Å²) in [5.74, 6) is 0. The van der Waals surface area contributed by atoms with Gasteiger partial charge in [-0.05, 0) is 24.1 Å². The molecule has 0 saturated heterocycles. The van der Waals surface area contributed by atoms with Gasteiger partial charge in [0.1, 0.15) is 0 Å². The molecule has 3 rings (SSSR count). The van der Waals surface area contributed by atoms with E-state index in [2.05, 4.69) is 39.2 Å². The first-order valence-corrected chi connectivity index (χ1v) is 7.36. The smallest absolute Gasteiger partial charge is 0.0873 e. The number of hydrogen-bond donors (Lipinski definition) is 1. The number of aromatic nitrogens is 2. The lowest BCUT2D eigenvalue weighted by Gasteiger charge is -2.11. The minimum atomic E-state index is -0.111. The molecule has 0 spiro atoms. The van der Waals surface area contributed by atoms with Gasteiger partial charge in [-0.25, -0.2) is 0 Å². The number of aryl methyl sites for hydroxylation is 1. The molecule has 1 heterocycles. The maximum Gasteiger partial charge on any atom is 0.0873 e. The third kappa shape index (κ3) is 2.37. The largest absolute Gasteiger partial charge is 0.322 e. The zero-order chi connectivity index (χ0) is 14.1. The number of fused-ring (bicyclic) bond motifs is 1.